The number of ether oxygens (including phenoxy) is 1. The van der Waals surface area contributed by atoms with Gasteiger partial charge in [-0.25, -0.2) is 0 Å². The van der Waals surface area contributed by atoms with Crippen molar-refractivity contribution < 1.29 is 14.9 Å². The minimum atomic E-state index is -0.920. The van der Waals surface area contributed by atoms with E-state index in [-0.39, 0.29) is 12.6 Å². The average molecular weight is 496 g/mol. The molecule has 1 fully saturated rings. The Morgan fingerprint density at radius 1 is 1.06 bits per heavy atom. The lowest BCUT2D eigenvalue weighted by atomic mass is 10.00. The Kier molecular flexibility index (Phi) is 7.87. The number of nitrogens with zero attached hydrogens (tertiary/aromatic N) is 2. The predicted molar refractivity (Wildman–Crippen MR) is 142 cm³/mol. The second kappa shape index (κ2) is 10.9. The minimum Gasteiger partial charge on any atom is -0.491 e. The Morgan fingerprint density at radius 2 is 1.77 bits per heavy atom. The van der Waals surface area contributed by atoms with E-state index in [0.717, 1.165) is 30.9 Å². The lowest BCUT2D eigenvalue weighted by molar-refractivity contribution is 0.0285. The molecule has 35 heavy (non-hydrogen) atoms. The first kappa shape index (κ1) is 25.3. The molecule has 1 aliphatic heterocycles. The van der Waals surface area contributed by atoms with Crippen LogP contribution in [0, 0.1) is 0 Å². The molecular formula is C28H34ClN3O3. The third-order valence-electron chi connectivity index (χ3n) is 6.22. The number of rotatable bonds is 8. The number of hydrogen-bond acceptors (Lipinski definition) is 6. The van der Waals surface area contributed by atoms with E-state index in [9.17, 15) is 10.2 Å². The molecule has 0 saturated carbocycles. The first-order chi connectivity index (χ1) is 16.7. The van der Waals surface area contributed by atoms with Crippen LogP contribution < -0.4 is 15.4 Å². The fourth-order valence-electron chi connectivity index (χ4n) is 4.39. The van der Waals surface area contributed by atoms with Crippen molar-refractivity contribution >= 4 is 23.0 Å². The lowest BCUT2D eigenvalue weighted by Crippen LogP contribution is -2.49. The van der Waals surface area contributed by atoms with Crippen molar-refractivity contribution in [2.75, 3.05) is 43.4 Å². The topological polar surface area (TPSA) is 82.2 Å². The van der Waals surface area contributed by atoms with Gasteiger partial charge in [0.25, 0.3) is 0 Å². The van der Waals surface area contributed by atoms with Gasteiger partial charge >= 0.3 is 0 Å². The number of halogens is 1. The summed E-state index contributed by atoms with van der Waals surface area (Å²) in [6, 6.07) is 23.5. The average Bonchev–Trinajstić information content (AvgIpc) is 2.83. The molecule has 3 aromatic rings. The molecule has 7 heteroatoms. The number of aliphatic hydroxyl groups is 2. The van der Waals surface area contributed by atoms with Gasteiger partial charge in [0, 0.05) is 37.9 Å². The van der Waals surface area contributed by atoms with Crippen molar-refractivity contribution in [1.82, 2.24) is 4.90 Å². The van der Waals surface area contributed by atoms with Crippen LogP contribution in [0.5, 0.6) is 5.75 Å². The summed E-state index contributed by atoms with van der Waals surface area (Å²) in [6.07, 6.45) is -0.589. The van der Waals surface area contributed by atoms with Gasteiger partial charge < -0.3 is 25.6 Å². The summed E-state index contributed by atoms with van der Waals surface area (Å²) in [6.45, 7) is 6.45. The number of β-amino-alcohol motifs (C(OH)–C–C–N with tert-alkyl or cyclic N) is 1. The molecule has 1 saturated heterocycles. The maximum atomic E-state index is 10.8. The highest BCUT2D eigenvalue weighted by Crippen LogP contribution is 2.37. The molecule has 0 aromatic heterocycles. The molecular weight excluding hydrogens is 462 g/mol. The highest BCUT2D eigenvalue weighted by molar-refractivity contribution is 6.33. The van der Waals surface area contributed by atoms with Crippen LogP contribution in [-0.4, -0.2) is 53.5 Å². The first-order valence-electron chi connectivity index (χ1n) is 11.9. The zero-order valence-corrected chi connectivity index (χ0v) is 21.0. The molecule has 0 aliphatic carbocycles. The molecule has 1 heterocycles. The standard InChI is InChI=1S/C28H34ClN3O3/c1-28(2,34)19-35-23-12-13-25(24(29)16-23)32-15-14-31(17-26(32)20-6-4-3-5-7-20)18-27(33)21-8-10-22(30)11-9-21/h3-13,16,26-27,33-34H,14-15,17-19,30H2,1-2H3/t26-,27+/m0/s1. The smallest absolute Gasteiger partial charge is 0.121 e. The highest BCUT2D eigenvalue weighted by Gasteiger charge is 2.31. The van der Waals surface area contributed by atoms with E-state index in [4.69, 9.17) is 22.1 Å². The Labute approximate surface area is 212 Å². The van der Waals surface area contributed by atoms with Crippen molar-refractivity contribution in [3.05, 3.63) is 88.9 Å². The monoisotopic (exact) mass is 495 g/mol. The fraction of sp³-hybridized carbons (Fsp3) is 0.357. The van der Waals surface area contributed by atoms with Crippen LogP contribution >= 0.6 is 11.6 Å². The van der Waals surface area contributed by atoms with Gasteiger partial charge in [-0.1, -0.05) is 54.1 Å². The molecule has 4 rings (SSSR count). The summed E-state index contributed by atoms with van der Waals surface area (Å²) in [7, 11) is 0. The van der Waals surface area contributed by atoms with Gasteiger partial charge in [-0.3, -0.25) is 4.90 Å². The molecule has 4 N–H and O–H groups in total. The Balaban J connectivity index is 1.52. The third kappa shape index (κ3) is 6.67. The molecule has 6 nitrogen and oxygen atoms in total. The Hall–Kier alpha value is -2.77. The number of hydrogen-bond donors (Lipinski definition) is 3. The van der Waals surface area contributed by atoms with Crippen LogP contribution in [0.1, 0.15) is 37.1 Å². The first-order valence-corrected chi connectivity index (χ1v) is 12.3. The van der Waals surface area contributed by atoms with Crippen LogP contribution in [0.2, 0.25) is 5.02 Å². The molecule has 3 aromatic carbocycles. The highest BCUT2D eigenvalue weighted by atomic mass is 35.5. The van der Waals surface area contributed by atoms with Gasteiger partial charge in [-0.15, -0.1) is 0 Å². The molecule has 1 aliphatic rings. The van der Waals surface area contributed by atoms with Crippen LogP contribution in [0.4, 0.5) is 11.4 Å². The van der Waals surface area contributed by atoms with E-state index in [1.165, 1.54) is 5.56 Å². The minimum absolute atomic E-state index is 0.0733. The fourth-order valence-corrected chi connectivity index (χ4v) is 4.67. The summed E-state index contributed by atoms with van der Waals surface area (Å²) >= 11 is 6.73. The number of benzene rings is 3. The molecule has 0 radical (unpaired) electrons. The largest absolute Gasteiger partial charge is 0.491 e. The van der Waals surface area contributed by atoms with Gasteiger partial charge in [0.2, 0.25) is 0 Å². The van der Waals surface area contributed by atoms with Gasteiger partial charge in [0.1, 0.15) is 12.4 Å². The number of anilines is 2. The maximum Gasteiger partial charge on any atom is 0.121 e. The van der Waals surface area contributed by atoms with E-state index in [1.807, 2.05) is 60.7 Å². The number of piperazine rings is 1. The van der Waals surface area contributed by atoms with Crippen molar-refractivity contribution in [3.8, 4) is 5.75 Å². The van der Waals surface area contributed by atoms with Gasteiger partial charge in [-0.05, 0) is 49.2 Å². The zero-order chi connectivity index (χ0) is 25.0. The molecule has 0 amide bonds. The molecule has 0 unspecified atom stereocenters. The SMILES string of the molecule is CC(C)(O)COc1ccc(N2CCN(C[C@@H](O)c3ccc(N)cc3)C[C@H]2c2ccccc2)c(Cl)c1. The van der Waals surface area contributed by atoms with E-state index in [2.05, 4.69) is 21.9 Å². The summed E-state index contributed by atoms with van der Waals surface area (Å²) < 4.78 is 5.72. The summed E-state index contributed by atoms with van der Waals surface area (Å²) in [5, 5.41) is 21.4. The molecule has 186 valence electrons. The molecule has 0 spiro atoms. The normalized spacial score (nSPS) is 17.9. The van der Waals surface area contributed by atoms with Crippen LogP contribution in [-0.2, 0) is 0 Å². The maximum absolute atomic E-state index is 10.8. The van der Waals surface area contributed by atoms with E-state index >= 15 is 0 Å². The van der Waals surface area contributed by atoms with E-state index in [1.54, 1.807) is 13.8 Å². The summed E-state index contributed by atoms with van der Waals surface area (Å²) in [4.78, 5) is 4.62. The van der Waals surface area contributed by atoms with Crippen molar-refractivity contribution in [1.29, 1.82) is 0 Å². The quantitative estimate of drug-likeness (QED) is 0.394. The van der Waals surface area contributed by atoms with Gasteiger partial charge in [-0.2, -0.15) is 0 Å². The van der Waals surface area contributed by atoms with Gasteiger partial charge in [0.05, 0.1) is 28.5 Å². The van der Waals surface area contributed by atoms with E-state index < -0.39 is 11.7 Å². The van der Waals surface area contributed by atoms with Crippen molar-refractivity contribution in [3.63, 3.8) is 0 Å². The van der Waals surface area contributed by atoms with Crippen LogP contribution in [0.3, 0.4) is 0 Å². The molecule has 0 bridgehead atoms. The van der Waals surface area contributed by atoms with Crippen LogP contribution in [0.25, 0.3) is 0 Å². The third-order valence-corrected chi connectivity index (χ3v) is 6.52. The molecule has 2 atom stereocenters. The number of nitrogen functional groups attached to an aromatic ring is 1. The van der Waals surface area contributed by atoms with Crippen LogP contribution in [0.15, 0.2) is 72.8 Å². The van der Waals surface area contributed by atoms with Gasteiger partial charge in [0.15, 0.2) is 0 Å². The Morgan fingerprint density at radius 3 is 2.43 bits per heavy atom. The number of nitrogens with two attached hydrogens (primary N) is 1. The summed E-state index contributed by atoms with van der Waals surface area (Å²) in [5.41, 5.74) is 8.56. The second-order valence-corrected chi connectivity index (χ2v) is 10.2. The second-order valence-electron chi connectivity index (χ2n) is 9.78. The van der Waals surface area contributed by atoms with Crippen molar-refractivity contribution in [2.24, 2.45) is 0 Å². The lowest BCUT2D eigenvalue weighted by Gasteiger charge is -2.44. The van der Waals surface area contributed by atoms with Crippen molar-refractivity contribution in [2.45, 2.75) is 31.6 Å². The zero-order valence-electron chi connectivity index (χ0n) is 20.3. The number of aliphatic hydroxyl groups excluding tert-OH is 1. The predicted octanol–water partition coefficient (Wildman–Crippen LogP) is 4.67. The summed E-state index contributed by atoms with van der Waals surface area (Å²) in [5.74, 6) is 0.627. The Bertz CT molecular complexity index is 1100. The van der Waals surface area contributed by atoms with E-state index in [0.29, 0.717) is 23.0 Å².